The van der Waals surface area contributed by atoms with Gasteiger partial charge in [-0.2, -0.15) is 0 Å². The summed E-state index contributed by atoms with van der Waals surface area (Å²) in [5.74, 6) is 0.411. The molecule has 1 amide bonds. The third kappa shape index (κ3) is 11.0. The first kappa shape index (κ1) is 48.5. The lowest BCUT2D eigenvalue weighted by Crippen LogP contribution is -2.57. The average molecular weight is 951 g/mol. The molecule has 11 nitrogen and oxygen atoms in total. The Kier molecular flexibility index (Phi) is 15.4. The fourth-order valence-electron chi connectivity index (χ4n) is 13.0. The van der Waals surface area contributed by atoms with Crippen molar-refractivity contribution in [3.8, 4) is 0 Å². The normalized spacial score (nSPS) is 26.1. The van der Waals surface area contributed by atoms with Crippen LogP contribution in [0.25, 0.3) is 0 Å². The van der Waals surface area contributed by atoms with Crippen molar-refractivity contribution in [2.45, 2.75) is 105 Å². The minimum absolute atomic E-state index is 0.135. The zero-order valence-corrected chi connectivity index (χ0v) is 40.4. The highest BCUT2D eigenvalue weighted by Crippen LogP contribution is 2.54. The van der Waals surface area contributed by atoms with Crippen molar-refractivity contribution in [1.29, 1.82) is 0 Å². The number of amides is 1. The van der Waals surface area contributed by atoms with E-state index >= 15 is 4.39 Å². The van der Waals surface area contributed by atoms with Crippen molar-refractivity contribution in [2.75, 3.05) is 110 Å². The topological polar surface area (TPSA) is 96.9 Å². The Hall–Kier alpha value is -3.50. The van der Waals surface area contributed by atoms with E-state index in [0.29, 0.717) is 50.4 Å². The van der Waals surface area contributed by atoms with Crippen LogP contribution >= 0.6 is 0 Å². The van der Waals surface area contributed by atoms with Crippen molar-refractivity contribution in [1.82, 2.24) is 24.5 Å². The predicted octanol–water partition coefficient (Wildman–Crippen LogP) is 6.51. The van der Waals surface area contributed by atoms with Crippen LogP contribution in [0.4, 0.5) is 18.9 Å². The number of ether oxygens (including phenoxy) is 1. The number of likely N-dealkylation sites (tertiary alicyclic amines) is 5. The Morgan fingerprint density at radius 1 is 0.776 bits per heavy atom. The van der Waals surface area contributed by atoms with Gasteiger partial charge >= 0.3 is 5.97 Å². The lowest BCUT2D eigenvalue weighted by atomic mass is 9.56. The van der Waals surface area contributed by atoms with Gasteiger partial charge in [0.15, 0.2) is 9.84 Å². The number of benzene rings is 2. The van der Waals surface area contributed by atoms with E-state index in [-0.39, 0.29) is 66.5 Å². The Bertz CT molecular complexity index is 2160. The Labute approximate surface area is 396 Å². The van der Waals surface area contributed by atoms with Crippen LogP contribution in [-0.4, -0.2) is 168 Å². The second-order valence-corrected chi connectivity index (χ2v) is 23.4. The van der Waals surface area contributed by atoms with Crippen LogP contribution in [0.15, 0.2) is 59.5 Å². The van der Waals surface area contributed by atoms with Crippen LogP contribution in [0.5, 0.6) is 0 Å². The number of anilines is 1. The van der Waals surface area contributed by atoms with E-state index in [1.807, 2.05) is 29.2 Å². The zero-order valence-electron chi connectivity index (χ0n) is 39.6. The van der Waals surface area contributed by atoms with Gasteiger partial charge in [0.2, 0.25) is 5.91 Å². The molecule has 0 N–H and O–H groups in total. The molecule has 368 valence electrons. The van der Waals surface area contributed by atoms with E-state index < -0.39 is 32.8 Å². The van der Waals surface area contributed by atoms with Gasteiger partial charge in [-0.3, -0.25) is 19.4 Å². The van der Waals surface area contributed by atoms with Crippen LogP contribution in [0.2, 0.25) is 0 Å². The number of carbonyl (C=O) groups is 2. The van der Waals surface area contributed by atoms with Gasteiger partial charge in [0.1, 0.15) is 23.4 Å². The molecule has 3 atom stereocenters. The van der Waals surface area contributed by atoms with Crippen LogP contribution in [0.1, 0.15) is 81.8 Å². The summed E-state index contributed by atoms with van der Waals surface area (Å²) in [4.78, 5) is 39.2. The fraction of sp³-hybridized carbons (Fsp3) is 0.692. The molecule has 1 saturated carbocycles. The third-order valence-corrected chi connectivity index (χ3v) is 19.0. The van der Waals surface area contributed by atoms with E-state index in [1.54, 1.807) is 23.1 Å². The number of carbonyl (C=O) groups excluding carboxylic acids is 2. The second kappa shape index (κ2) is 21.2. The predicted molar refractivity (Wildman–Crippen MR) is 255 cm³/mol. The molecular weight excluding hydrogens is 878 g/mol. The SMILES string of the molecule is COC(=O)C[C@H]1CCC[C@@H]1[C@](CN1CCC(F)CC1)(c1cccc(F)c1)C1CCN(CC2CN(c3ccc(S(=O)(=O)C4CN(C(=O)/C=C/CN5CCCCC5)C4)c(CN4CC(F)C4)c3)C2)CC1. The molecular formula is C52H73F3N6O5S. The standard InChI is InChI=1S/C52H73F3N6O5S/c1-66-51(63)27-39-8-5-11-48(39)52(42-9-6-10-44(54)28-42,37-58-24-17-43(53)18-25-58)41-15-22-57(23-16-41)29-38-30-60(31-38)46-13-14-49(40(26-46)32-59-33-45(55)34-59)67(64,65)47-35-61(36-47)50(62)12-7-21-56-19-3-2-4-20-56/h6-7,9-10,12-14,26,28,38-39,41,43,45,47-48H,2-5,8,11,15-25,27,29-37H2,1H3/b12-7+/t39-,48+,52+/m1/s1. The van der Waals surface area contributed by atoms with E-state index in [0.717, 1.165) is 102 Å². The number of hydrogen-bond donors (Lipinski definition) is 0. The number of sulfone groups is 1. The molecule has 6 heterocycles. The van der Waals surface area contributed by atoms with Crippen LogP contribution in [0.3, 0.4) is 0 Å². The van der Waals surface area contributed by atoms with Gasteiger partial charge in [-0.25, -0.2) is 21.6 Å². The molecule has 67 heavy (non-hydrogen) atoms. The summed E-state index contributed by atoms with van der Waals surface area (Å²) >= 11 is 0. The summed E-state index contributed by atoms with van der Waals surface area (Å²) in [5.41, 5.74) is 2.28. The fourth-order valence-corrected chi connectivity index (χ4v) is 14.9. The third-order valence-electron chi connectivity index (χ3n) is 16.8. The molecule has 6 saturated heterocycles. The van der Waals surface area contributed by atoms with Crippen molar-refractivity contribution < 1.29 is 35.9 Å². The van der Waals surface area contributed by atoms with Gasteiger partial charge in [-0.05, 0) is 137 Å². The molecule has 7 aliphatic rings. The van der Waals surface area contributed by atoms with E-state index in [1.165, 1.54) is 32.4 Å². The lowest BCUT2D eigenvalue weighted by molar-refractivity contribution is -0.142. The number of esters is 1. The summed E-state index contributed by atoms with van der Waals surface area (Å²) in [6, 6.07) is 12.8. The highest BCUT2D eigenvalue weighted by atomic mass is 32.2. The minimum atomic E-state index is -3.73. The second-order valence-electron chi connectivity index (χ2n) is 21.2. The molecule has 2 aromatic rings. The molecule has 1 aliphatic carbocycles. The molecule has 15 heteroatoms. The highest BCUT2D eigenvalue weighted by molar-refractivity contribution is 7.92. The maximum atomic E-state index is 15.3. The maximum Gasteiger partial charge on any atom is 0.305 e. The van der Waals surface area contributed by atoms with Crippen LogP contribution < -0.4 is 4.90 Å². The Balaban J connectivity index is 0.841. The average Bonchev–Trinajstić information content (AvgIpc) is 3.75. The molecule has 2 aromatic carbocycles. The van der Waals surface area contributed by atoms with Crippen LogP contribution in [-0.2, 0) is 36.1 Å². The van der Waals surface area contributed by atoms with Gasteiger partial charge in [-0.1, -0.05) is 31.1 Å². The molecule has 6 aliphatic heterocycles. The number of rotatable bonds is 17. The summed E-state index contributed by atoms with van der Waals surface area (Å²) < 4.78 is 77.2. The number of hydrogen-bond acceptors (Lipinski definition) is 10. The van der Waals surface area contributed by atoms with E-state index in [4.69, 9.17) is 4.74 Å². The number of alkyl halides is 2. The zero-order chi connectivity index (χ0) is 46.7. The first-order valence-electron chi connectivity index (χ1n) is 25.5. The molecule has 0 spiro atoms. The minimum Gasteiger partial charge on any atom is -0.469 e. The summed E-state index contributed by atoms with van der Waals surface area (Å²) in [6.07, 6.45) is 11.6. The highest BCUT2D eigenvalue weighted by Gasteiger charge is 2.53. The summed E-state index contributed by atoms with van der Waals surface area (Å²) in [6.45, 7) is 10.7. The van der Waals surface area contributed by atoms with Crippen molar-refractivity contribution >= 4 is 27.4 Å². The molecule has 0 unspecified atom stereocenters. The first-order valence-corrected chi connectivity index (χ1v) is 27.0. The maximum absolute atomic E-state index is 15.3. The van der Waals surface area contributed by atoms with Crippen molar-refractivity contribution in [2.24, 2.45) is 23.7 Å². The molecule has 0 bridgehead atoms. The molecule has 0 aromatic heterocycles. The van der Waals surface area contributed by atoms with Crippen molar-refractivity contribution in [3.05, 3.63) is 71.6 Å². The Morgan fingerprint density at radius 2 is 1.51 bits per heavy atom. The lowest BCUT2D eigenvalue weighted by Gasteiger charge is -2.53. The smallest absolute Gasteiger partial charge is 0.305 e. The van der Waals surface area contributed by atoms with E-state index in [9.17, 15) is 26.8 Å². The monoisotopic (exact) mass is 951 g/mol. The van der Waals surface area contributed by atoms with Gasteiger partial charge in [0.25, 0.3) is 0 Å². The quantitative estimate of drug-likeness (QED) is 0.129. The number of methoxy groups -OCH3 is 1. The largest absolute Gasteiger partial charge is 0.469 e. The summed E-state index contributed by atoms with van der Waals surface area (Å²) in [5, 5.41) is -0.674. The van der Waals surface area contributed by atoms with Gasteiger partial charge in [-0.15, -0.1) is 0 Å². The Morgan fingerprint density at radius 3 is 2.21 bits per heavy atom. The van der Waals surface area contributed by atoms with E-state index in [2.05, 4.69) is 25.7 Å². The number of piperidine rings is 3. The van der Waals surface area contributed by atoms with Gasteiger partial charge in [0, 0.05) is 108 Å². The summed E-state index contributed by atoms with van der Waals surface area (Å²) in [7, 11) is -2.28. The first-order chi connectivity index (χ1) is 32.4. The van der Waals surface area contributed by atoms with Crippen LogP contribution in [0, 0.1) is 29.5 Å². The molecule has 9 rings (SSSR count). The number of nitrogens with zero attached hydrogens (tertiary/aromatic N) is 6. The molecule has 0 radical (unpaired) electrons. The van der Waals surface area contributed by atoms with Crippen molar-refractivity contribution in [3.63, 3.8) is 0 Å². The van der Waals surface area contributed by atoms with Gasteiger partial charge < -0.3 is 24.3 Å². The van der Waals surface area contributed by atoms with Gasteiger partial charge in [0.05, 0.1) is 12.0 Å². The molecule has 7 fully saturated rings. The number of halogens is 3.